The van der Waals surface area contributed by atoms with Crippen molar-refractivity contribution in [3.05, 3.63) is 95.6 Å². The smallest absolute Gasteiger partial charge is 0.0204 e. The van der Waals surface area contributed by atoms with Crippen LogP contribution < -0.4 is 0 Å². The third kappa shape index (κ3) is 2.29. The lowest BCUT2D eigenvalue weighted by Crippen LogP contribution is -2.28. The Bertz CT molecular complexity index is 838. The third-order valence-corrected chi connectivity index (χ3v) is 5.57. The Balaban J connectivity index is 1.88. The van der Waals surface area contributed by atoms with Gasteiger partial charge in [-0.1, -0.05) is 92.8 Å². The largest absolute Gasteiger partial charge is 0.0879 e. The van der Waals surface area contributed by atoms with Crippen molar-refractivity contribution in [3.8, 4) is 11.1 Å². The summed E-state index contributed by atoms with van der Waals surface area (Å²) in [6, 6.07) is 15.7. The second-order valence-electron chi connectivity index (χ2n) is 7.05. The number of rotatable bonds is 4. The minimum absolute atomic E-state index is 0.00684. The maximum absolute atomic E-state index is 2.43. The van der Waals surface area contributed by atoms with Crippen molar-refractivity contribution in [2.24, 2.45) is 5.92 Å². The van der Waals surface area contributed by atoms with Gasteiger partial charge in [-0.2, -0.15) is 0 Å². The predicted molar refractivity (Wildman–Crippen MR) is 103 cm³/mol. The first-order chi connectivity index (χ1) is 11.7. The molecular formula is C24H24. The predicted octanol–water partition coefficient (Wildman–Crippen LogP) is 6.22. The number of hydrogen-bond acceptors (Lipinski definition) is 0. The van der Waals surface area contributed by atoms with E-state index in [1.54, 1.807) is 0 Å². The fraction of sp³-hybridized carbons (Fsp3) is 0.250. The maximum atomic E-state index is 2.43. The zero-order valence-electron chi connectivity index (χ0n) is 14.5. The molecule has 0 amide bonds. The van der Waals surface area contributed by atoms with Gasteiger partial charge in [-0.05, 0) is 40.7 Å². The van der Waals surface area contributed by atoms with Gasteiger partial charge in [0.1, 0.15) is 0 Å². The Labute approximate surface area is 145 Å². The summed E-state index contributed by atoms with van der Waals surface area (Å²) in [5, 5.41) is 0. The van der Waals surface area contributed by atoms with Gasteiger partial charge < -0.3 is 0 Å². The van der Waals surface area contributed by atoms with Crippen LogP contribution in [-0.2, 0) is 11.8 Å². The fourth-order valence-corrected chi connectivity index (χ4v) is 4.24. The highest BCUT2D eigenvalue weighted by Crippen LogP contribution is 2.45. The molecule has 2 aromatic rings. The molecule has 1 atom stereocenters. The topological polar surface area (TPSA) is 0 Å². The summed E-state index contributed by atoms with van der Waals surface area (Å²) < 4.78 is 0. The van der Waals surface area contributed by atoms with Crippen LogP contribution in [0.4, 0.5) is 0 Å². The van der Waals surface area contributed by atoms with Crippen LogP contribution in [0.5, 0.6) is 0 Å². The molecule has 0 nitrogen and oxygen atoms in total. The quantitative estimate of drug-likeness (QED) is 0.501. The van der Waals surface area contributed by atoms with Gasteiger partial charge in [0.2, 0.25) is 0 Å². The van der Waals surface area contributed by atoms with Crippen LogP contribution in [0, 0.1) is 5.92 Å². The van der Waals surface area contributed by atoms with E-state index in [2.05, 4.69) is 92.8 Å². The summed E-state index contributed by atoms with van der Waals surface area (Å²) >= 11 is 0. The molecule has 24 heavy (non-hydrogen) atoms. The first kappa shape index (κ1) is 15.2. The molecule has 4 rings (SSSR count). The zero-order chi connectivity index (χ0) is 16.6. The SMILES string of the molecule is CCC=CC(C)(c1cccc2c1Cc1ccccc1-2)C1C=CC=C1. The molecule has 0 radical (unpaired) electrons. The molecule has 0 saturated heterocycles. The summed E-state index contributed by atoms with van der Waals surface area (Å²) in [6.07, 6.45) is 15.9. The lowest BCUT2D eigenvalue weighted by atomic mass is 9.70. The van der Waals surface area contributed by atoms with Crippen LogP contribution in [0.2, 0.25) is 0 Å². The van der Waals surface area contributed by atoms with E-state index in [0.717, 1.165) is 12.8 Å². The molecule has 120 valence electrons. The summed E-state index contributed by atoms with van der Waals surface area (Å²) in [6.45, 7) is 4.60. The van der Waals surface area contributed by atoms with Gasteiger partial charge >= 0.3 is 0 Å². The second-order valence-corrected chi connectivity index (χ2v) is 7.05. The van der Waals surface area contributed by atoms with E-state index in [1.807, 2.05) is 0 Å². The highest BCUT2D eigenvalue weighted by molar-refractivity contribution is 5.78. The molecule has 0 aliphatic heterocycles. The number of allylic oxidation sites excluding steroid dienone is 6. The molecule has 0 saturated carbocycles. The molecule has 2 aromatic carbocycles. The Kier molecular flexibility index (Phi) is 3.76. The lowest BCUT2D eigenvalue weighted by molar-refractivity contribution is 0.503. The number of fused-ring (bicyclic) bond motifs is 3. The molecule has 0 heteroatoms. The van der Waals surface area contributed by atoms with E-state index >= 15 is 0 Å². The van der Waals surface area contributed by atoms with Crippen LogP contribution in [0.15, 0.2) is 78.9 Å². The summed E-state index contributed by atoms with van der Waals surface area (Å²) in [7, 11) is 0. The van der Waals surface area contributed by atoms with Crippen molar-refractivity contribution in [1.29, 1.82) is 0 Å². The van der Waals surface area contributed by atoms with Crippen LogP contribution in [-0.4, -0.2) is 0 Å². The maximum Gasteiger partial charge on any atom is 0.0204 e. The Morgan fingerprint density at radius 3 is 2.54 bits per heavy atom. The molecule has 1 unspecified atom stereocenters. The van der Waals surface area contributed by atoms with Gasteiger partial charge in [0.05, 0.1) is 0 Å². The van der Waals surface area contributed by atoms with E-state index in [0.29, 0.717) is 5.92 Å². The van der Waals surface area contributed by atoms with Crippen molar-refractivity contribution in [1.82, 2.24) is 0 Å². The van der Waals surface area contributed by atoms with Gasteiger partial charge in [-0.25, -0.2) is 0 Å². The minimum Gasteiger partial charge on any atom is -0.0879 e. The molecule has 2 aliphatic rings. The second kappa shape index (κ2) is 5.94. The number of benzene rings is 2. The van der Waals surface area contributed by atoms with E-state index in [4.69, 9.17) is 0 Å². The molecule has 0 aromatic heterocycles. The fourth-order valence-electron chi connectivity index (χ4n) is 4.24. The van der Waals surface area contributed by atoms with Gasteiger partial charge in [0, 0.05) is 11.3 Å². The lowest BCUT2D eigenvalue weighted by Gasteiger charge is -2.33. The molecule has 0 N–H and O–H groups in total. The van der Waals surface area contributed by atoms with Crippen molar-refractivity contribution in [2.75, 3.05) is 0 Å². The molecule has 0 spiro atoms. The van der Waals surface area contributed by atoms with Gasteiger partial charge in [0.15, 0.2) is 0 Å². The Morgan fingerprint density at radius 2 is 1.75 bits per heavy atom. The molecule has 0 heterocycles. The monoisotopic (exact) mass is 312 g/mol. The van der Waals surface area contributed by atoms with Gasteiger partial charge in [-0.15, -0.1) is 0 Å². The summed E-state index contributed by atoms with van der Waals surface area (Å²) in [5.74, 6) is 0.426. The third-order valence-electron chi connectivity index (χ3n) is 5.57. The van der Waals surface area contributed by atoms with Crippen molar-refractivity contribution in [2.45, 2.75) is 32.1 Å². The summed E-state index contributed by atoms with van der Waals surface area (Å²) in [5.41, 5.74) is 7.28. The van der Waals surface area contributed by atoms with Crippen LogP contribution in [0.1, 0.15) is 37.0 Å². The van der Waals surface area contributed by atoms with Crippen LogP contribution in [0.25, 0.3) is 11.1 Å². The molecule has 0 fully saturated rings. The standard InChI is InChI=1S/C24H24/c1-3-4-16-24(2,19-11-6-7-12-19)23-15-9-14-21-20-13-8-5-10-18(20)17-22(21)23/h4-16,19H,3,17H2,1-2H3. The van der Waals surface area contributed by atoms with Crippen molar-refractivity contribution < 1.29 is 0 Å². The average Bonchev–Trinajstić information content (AvgIpc) is 3.27. The normalized spacial score (nSPS) is 18.1. The molecule has 2 aliphatic carbocycles. The van der Waals surface area contributed by atoms with Crippen molar-refractivity contribution >= 4 is 0 Å². The highest BCUT2D eigenvalue weighted by atomic mass is 14.4. The molecule has 0 bridgehead atoms. The minimum atomic E-state index is 0.00684. The van der Waals surface area contributed by atoms with Crippen molar-refractivity contribution in [3.63, 3.8) is 0 Å². The van der Waals surface area contributed by atoms with E-state index in [9.17, 15) is 0 Å². The average molecular weight is 312 g/mol. The Morgan fingerprint density at radius 1 is 1.00 bits per heavy atom. The highest BCUT2D eigenvalue weighted by Gasteiger charge is 2.35. The zero-order valence-corrected chi connectivity index (χ0v) is 14.5. The van der Waals surface area contributed by atoms with Crippen LogP contribution >= 0.6 is 0 Å². The Hall–Kier alpha value is -2.34. The van der Waals surface area contributed by atoms with Gasteiger partial charge in [0.25, 0.3) is 0 Å². The van der Waals surface area contributed by atoms with E-state index in [-0.39, 0.29) is 5.41 Å². The number of hydrogen-bond donors (Lipinski definition) is 0. The first-order valence-corrected chi connectivity index (χ1v) is 8.97. The molecular weight excluding hydrogens is 288 g/mol. The van der Waals surface area contributed by atoms with Gasteiger partial charge in [-0.3, -0.25) is 0 Å². The van der Waals surface area contributed by atoms with E-state index < -0.39 is 0 Å². The van der Waals surface area contributed by atoms with E-state index in [1.165, 1.54) is 27.8 Å². The first-order valence-electron chi connectivity index (χ1n) is 8.97. The summed E-state index contributed by atoms with van der Waals surface area (Å²) in [4.78, 5) is 0. The van der Waals surface area contributed by atoms with Crippen LogP contribution in [0.3, 0.4) is 0 Å².